The molecule has 120 valence electrons. The predicted molar refractivity (Wildman–Crippen MR) is 90.7 cm³/mol. The molecule has 4 rings (SSSR count). The molecule has 0 fully saturated rings. The second kappa shape index (κ2) is 5.34. The first-order valence-electron chi connectivity index (χ1n) is 7.87. The van der Waals surface area contributed by atoms with Crippen molar-refractivity contribution in [2.24, 2.45) is 0 Å². The Morgan fingerprint density at radius 3 is 2.50 bits per heavy atom. The van der Waals surface area contributed by atoms with Gasteiger partial charge in [0.25, 0.3) is 0 Å². The zero-order chi connectivity index (χ0) is 16.8. The summed E-state index contributed by atoms with van der Waals surface area (Å²) in [5.41, 5.74) is 3.12. The predicted octanol–water partition coefficient (Wildman–Crippen LogP) is 4.12. The number of fused-ring (bicyclic) bond motifs is 3. The number of rotatable bonds is 1. The molecule has 0 unspecified atom stereocenters. The van der Waals surface area contributed by atoms with Gasteiger partial charge in [-0.25, -0.2) is 4.79 Å². The first-order chi connectivity index (χ1) is 11.5. The summed E-state index contributed by atoms with van der Waals surface area (Å²) < 4.78 is 11.5. The summed E-state index contributed by atoms with van der Waals surface area (Å²) in [5.74, 6) is 0.575. The SMILES string of the molecule is Cc1cc2oc(=O)cc(C)c2c2c1C(=O)C[C@@H](c1ccccc1)O2. The summed E-state index contributed by atoms with van der Waals surface area (Å²) in [7, 11) is 0. The van der Waals surface area contributed by atoms with Crippen molar-refractivity contribution < 1.29 is 13.9 Å². The zero-order valence-electron chi connectivity index (χ0n) is 13.5. The van der Waals surface area contributed by atoms with E-state index in [4.69, 9.17) is 9.15 Å². The van der Waals surface area contributed by atoms with E-state index >= 15 is 0 Å². The molecule has 1 atom stereocenters. The number of ketones is 1. The maximum Gasteiger partial charge on any atom is 0.336 e. The van der Waals surface area contributed by atoms with Crippen molar-refractivity contribution in [3.05, 3.63) is 75.1 Å². The van der Waals surface area contributed by atoms with Gasteiger partial charge in [-0.1, -0.05) is 30.3 Å². The number of Topliss-reactive ketones (excluding diaryl/α,β-unsaturated/α-hetero) is 1. The molecule has 2 aromatic carbocycles. The molecule has 4 nitrogen and oxygen atoms in total. The van der Waals surface area contributed by atoms with Gasteiger partial charge < -0.3 is 9.15 Å². The second-order valence-electron chi connectivity index (χ2n) is 6.16. The van der Waals surface area contributed by atoms with E-state index in [1.165, 1.54) is 6.07 Å². The third kappa shape index (κ3) is 2.22. The van der Waals surface area contributed by atoms with E-state index in [1.54, 1.807) is 6.07 Å². The largest absolute Gasteiger partial charge is 0.484 e. The van der Waals surface area contributed by atoms with Gasteiger partial charge in [-0.05, 0) is 36.6 Å². The average molecular weight is 320 g/mol. The quantitative estimate of drug-likeness (QED) is 0.633. The Morgan fingerprint density at radius 1 is 1.00 bits per heavy atom. The molecule has 1 aliphatic heterocycles. The zero-order valence-corrected chi connectivity index (χ0v) is 13.5. The minimum Gasteiger partial charge on any atom is -0.484 e. The molecule has 2 heterocycles. The molecule has 24 heavy (non-hydrogen) atoms. The first kappa shape index (κ1) is 14.7. The molecule has 0 radical (unpaired) electrons. The van der Waals surface area contributed by atoms with Crippen molar-refractivity contribution in [1.29, 1.82) is 0 Å². The van der Waals surface area contributed by atoms with Crippen LogP contribution in [0, 0.1) is 13.8 Å². The summed E-state index contributed by atoms with van der Waals surface area (Å²) in [6.07, 6.45) is -0.0262. The smallest absolute Gasteiger partial charge is 0.336 e. The number of hydrogen-bond acceptors (Lipinski definition) is 4. The summed E-state index contributed by atoms with van der Waals surface area (Å²) in [6.45, 7) is 3.67. The molecule has 1 aliphatic rings. The van der Waals surface area contributed by atoms with Crippen molar-refractivity contribution in [2.75, 3.05) is 0 Å². The van der Waals surface area contributed by atoms with Crippen LogP contribution in [0.4, 0.5) is 0 Å². The summed E-state index contributed by atoms with van der Waals surface area (Å²) in [6, 6.07) is 12.9. The summed E-state index contributed by atoms with van der Waals surface area (Å²) in [4.78, 5) is 24.4. The van der Waals surface area contributed by atoms with Crippen LogP contribution >= 0.6 is 0 Å². The van der Waals surface area contributed by atoms with Gasteiger partial charge in [-0.15, -0.1) is 0 Å². The Labute approximate surface area is 138 Å². The minimum atomic E-state index is -0.402. The second-order valence-corrected chi connectivity index (χ2v) is 6.16. The van der Waals surface area contributed by atoms with Crippen molar-refractivity contribution >= 4 is 16.8 Å². The number of benzene rings is 2. The van der Waals surface area contributed by atoms with Gasteiger partial charge in [0.2, 0.25) is 0 Å². The standard InChI is InChI=1S/C20H16O4/c1-11-8-16-19(12(2)9-17(22)23-16)20-18(11)14(21)10-15(24-20)13-6-4-3-5-7-13/h3-9,15H,10H2,1-2H3/t15-/m0/s1. The lowest BCUT2D eigenvalue weighted by molar-refractivity contribution is 0.0852. The fraction of sp³-hybridized carbons (Fsp3) is 0.200. The van der Waals surface area contributed by atoms with Crippen LogP contribution in [0.3, 0.4) is 0 Å². The van der Waals surface area contributed by atoms with E-state index in [0.29, 0.717) is 28.7 Å². The Hall–Kier alpha value is -2.88. The van der Waals surface area contributed by atoms with E-state index in [2.05, 4.69) is 0 Å². The fourth-order valence-corrected chi connectivity index (χ4v) is 3.37. The number of aryl methyl sites for hydroxylation is 2. The Morgan fingerprint density at radius 2 is 1.75 bits per heavy atom. The van der Waals surface area contributed by atoms with Crippen LogP contribution in [-0.4, -0.2) is 5.78 Å². The topological polar surface area (TPSA) is 56.5 Å². The Kier molecular flexibility index (Phi) is 3.27. The molecule has 0 spiro atoms. The van der Waals surface area contributed by atoms with Gasteiger partial charge >= 0.3 is 5.63 Å². The van der Waals surface area contributed by atoms with E-state index in [0.717, 1.165) is 16.7 Å². The van der Waals surface area contributed by atoms with Crippen molar-refractivity contribution in [2.45, 2.75) is 26.4 Å². The molecule has 0 N–H and O–H groups in total. The number of ether oxygens (including phenoxy) is 1. The molecule has 3 aromatic rings. The molecule has 0 amide bonds. The highest BCUT2D eigenvalue weighted by Gasteiger charge is 2.31. The third-order valence-corrected chi connectivity index (χ3v) is 4.46. The third-order valence-electron chi connectivity index (χ3n) is 4.46. The monoisotopic (exact) mass is 320 g/mol. The van der Waals surface area contributed by atoms with Gasteiger partial charge in [0, 0.05) is 6.07 Å². The molecular weight excluding hydrogens is 304 g/mol. The van der Waals surface area contributed by atoms with Crippen LogP contribution in [0.2, 0.25) is 0 Å². The lowest BCUT2D eigenvalue weighted by Gasteiger charge is -2.28. The van der Waals surface area contributed by atoms with Gasteiger partial charge in [0.15, 0.2) is 5.78 Å². The van der Waals surface area contributed by atoms with Gasteiger partial charge in [0.1, 0.15) is 17.4 Å². The van der Waals surface area contributed by atoms with E-state index in [1.807, 2.05) is 44.2 Å². The average Bonchev–Trinajstić information content (AvgIpc) is 2.54. The van der Waals surface area contributed by atoms with E-state index < -0.39 is 5.63 Å². The van der Waals surface area contributed by atoms with Crippen LogP contribution in [0.1, 0.15) is 39.6 Å². The number of hydrogen-bond donors (Lipinski definition) is 0. The molecule has 0 saturated heterocycles. The van der Waals surface area contributed by atoms with Crippen molar-refractivity contribution in [3.63, 3.8) is 0 Å². The number of carbonyl (C=O) groups is 1. The Bertz CT molecular complexity index is 1020. The lowest BCUT2D eigenvalue weighted by Crippen LogP contribution is -2.22. The van der Waals surface area contributed by atoms with Crippen molar-refractivity contribution in [3.8, 4) is 5.75 Å². The highest BCUT2D eigenvalue weighted by atomic mass is 16.5. The van der Waals surface area contributed by atoms with Gasteiger partial charge in [0.05, 0.1) is 17.4 Å². The fourth-order valence-electron chi connectivity index (χ4n) is 3.37. The molecule has 1 aromatic heterocycles. The lowest BCUT2D eigenvalue weighted by atomic mass is 9.91. The van der Waals surface area contributed by atoms with Crippen LogP contribution in [0.5, 0.6) is 5.75 Å². The molecule has 0 saturated carbocycles. The van der Waals surface area contributed by atoms with Crippen LogP contribution in [0.15, 0.2) is 51.7 Å². The Balaban J connectivity index is 1.97. The maximum absolute atomic E-state index is 12.7. The van der Waals surface area contributed by atoms with E-state index in [-0.39, 0.29) is 11.9 Å². The normalized spacial score (nSPS) is 16.8. The molecule has 0 aliphatic carbocycles. The van der Waals surface area contributed by atoms with Crippen LogP contribution in [0.25, 0.3) is 11.0 Å². The first-order valence-corrected chi connectivity index (χ1v) is 7.87. The molecular formula is C20H16O4. The van der Waals surface area contributed by atoms with Gasteiger partial charge in [-0.3, -0.25) is 4.79 Å². The minimum absolute atomic E-state index is 0.0510. The van der Waals surface area contributed by atoms with E-state index in [9.17, 15) is 9.59 Å². The van der Waals surface area contributed by atoms with Crippen LogP contribution < -0.4 is 10.4 Å². The maximum atomic E-state index is 12.7. The summed E-state index contributed by atoms with van der Waals surface area (Å²) >= 11 is 0. The van der Waals surface area contributed by atoms with Crippen molar-refractivity contribution in [1.82, 2.24) is 0 Å². The van der Waals surface area contributed by atoms with Gasteiger partial charge in [-0.2, -0.15) is 0 Å². The molecule has 4 heteroatoms. The number of carbonyl (C=O) groups excluding carboxylic acids is 1. The van der Waals surface area contributed by atoms with Crippen LogP contribution in [-0.2, 0) is 0 Å². The molecule has 0 bridgehead atoms. The highest BCUT2D eigenvalue weighted by Crippen LogP contribution is 2.42. The summed E-state index contributed by atoms with van der Waals surface area (Å²) in [5, 5.41) is 0.698. The highest BCUT2D eigenvalue weighted by molar-refractivity contribution is 6.07.